The first-order valence-electron chi connectivity index (χ1n) is 7.67. The van der Waals surface area contributed by atoms with Gasteiger partial charge in [0.05, 0.1) is 16.6 Å². The molecule has 0 spiro atoms. The smallest absolute Gasteiger partial charge is 0.243 e. The zero-order valence-corrected chi connectivity index (χ0v) is 14.7. The van der Waals surface area contributed by atoms with E-state index in [4.69, 9.17) is 16.1 Å². The molecule has 1 fully saturated rings. The Hall–Kier alpha value is -1.37. The van der Waals surface area contributed by atoms with Crippen molar-refractivity contribution in [3.05, 3.63) is 46.3 Å². The Bertz CT molecular complexity index is 799. The average Bonchev–Trinajstić information content (AvgIpc) is 3.13. The van der Waals surface area contributed by atoms with E-state index in [1.807, 2.05) is 13.8 Å². The van der Waals surface area contributed by atoms with Crippen LogP contribution in [0.1, 0.15) is 42.8 Å². The Morgan fingerprint density at radius 1 is 1.35 bits per heavy atom. The minimum absolute atomic E-state index is 0.211. The van der Waals surface area contributed by atoms with Crippen LogP contribution in [-0.4, -0.2) is 24.4 Å². The molecule has 23 heavy (non-hydrogen) atoms. The SMILES string of the molecule is CCc1onc(C)c1C1CCCN1S(=O)(=O)c1ccc(Cl)cc1. The monoisotopic (exact) mass is 354 g/mol. The van der Waals surface area contributed by atoms with E-state index in [9.17, 15) is 8.42 Å². The molecular weight excluding hydrogens is 336 g/mol. The molecule has 3 rings (SSSR count). The van der Waals surface area contributed by atoms with Gasteiger partial charge in [-0.1, -0.05) is 23.7 Å². The minimum atomic E-state index is -3.57. The summed E-state index contributed by atoms with van der Waals surface area (Å²) in [4.78, 5) is 0.265. The van der Waals surface area contributed by atoms with Crippen LogP contribution in [0.15, 0.2) is 33.7 Å². The van der Waals surface area contributed by atoms with Crippen LogP contribution >= 0.6 is 11.6 Å². The van der Waals surface area contributed by atoms with Crippen LogP contribution < -0.4 is 0 Å². The van der Waals surface area contributed by atoms with E-state index in [1.165, 1.54) is 0 Å². The molecule has 1 saturated heterocycles. The molecule has 1 unspecified atom stereocenters. The van der Waals surface area contributed by atoms with Crippen molar-refractivity contribution >= 4 is 21.6 Å². The highest BCUT2D eigenvalue weighted by Gasteiger charge is 2.39. The predicted octanol–water partition coefficient (Wildman–Crippen LogP) is 3.72. The van der Waals surface area contributed by atoms with Crippen LogP contribution in [0.3, 0.4) is 0 Å². The topological polar surface area (TPSA) is 63.4 Å². The van der Waals surface area contributed by atoms with Crippen LogP contribution in [0.4, 0.5) is 0 Å². The Labute approximate surface area is 141 Å². The molecule has 0 radical (unpaired) electrons. The average molecular weight is 355 g/mol. The summed E-state index contributed by atoms with van der Waals surface area (Å²) in [6.45, 7) is 4.35. The van der Waals surface area contributed by atoms with E-state index in [-0.39, 0.29) is 10.9 Å². The molecule has 7 heteroatoms. The summed E-state index contributed by atoms with van der Waals surface area (Å²) < 4.78 is 32.9. The van der Waals surface area contributed by atoms with E-state index in [0.29, 0.717) is 18.0 Å². The van der Waals surface area contributed by atoms with Gasteiger partial charge in [-0.2, -0.15) is 4.31 Å². The molecule has 124 valence electrons. The summed E-state index contributed by atoms with van der Waals surface area (Å²) in [5.41, 5.74) is 1.69. The van der Waals surface area contributed by atoms with Gasteiger partial charge in [0.1, 0.15) is 5.76 Å². The summed E-state index contributed by atoms with van der Waals surface area (Å²) in [6.07, 6.45) is 2.30. The molecule has 1 aliphatic rings. The van der Waals surface area contributed by atoms with Gasteiger partial charge in [0, 0.05) is 23.6 Å². The second-order valence-corrected chi connectivity index (χ2v) is 8.01. The quantitative estimate of drug-likeness (QED) is 0.839. The highest BCUT2D eigenvalue weighted by Crippen LogP contribution is 2.39. The molecule has 1 aromatic heterocycles. The molecule has 1 aromatic carbocycles. The third-order valence-electron chi connectivity index (χ3n) is 4.26. The Kier molecular flexibility index (Phi) is 4.49. The lowest BCUT2D eigenvalue weighted by Gasteiger charge is -2.24. The van der Waals surface area contributed by atoms with E-state index >= 15 is 0 Å². The van der Waals surface area contributed by atoms with Gasteiger partial charge >= 0.3 is 0 Å². The molecule has 2 aromatic rings. The fourth-order valence-electron chi connectivity index (χ4n) is 3.16. The van der Waals surface area contributed by atoms with Gasteiger partial charge in [-0.25, -0.2) is 8.42 Å². The van der Waals surface area contributed by atoms with Gasteiger partial charge in [0.25, 0.3) is 0 Å². The molecule has 1 aliphatic heterocycles. The number of halogens is 1. The second-order valence-electron chi connectivity index (χ2n) is 5.69. The zero-order chi connectivity index (χ0) is 16.6. The summed E-state index contributed by atoms with van der Waals surface area (Å²) in [5.74, 6) is 0.769. The standard InChI is InChI=1S/C16H19ClN2O3S/c1-3-15-16(11(2)18-22-15)14-5-4-10-19(14)23(20,21)13-8-6-12(17)7-9-13/h6-9,14H,3-5,10H2,1-2H3. The normalized spacial score (nSPS) is 19.3. The first-order valence-corrected chi connectivity index (χ1v) is 9.49. The van der Waals surface area contributed by atoms with Gasteiger partial charge in [0.2, 0.25) is 10.0 Å². The second kappa shape index (κ2) is 6.26. The zero-order valence-electron chi connectivity index (χ0n) is 13.1. The molecule has 0 aliphatic carbocycles. The third-order valence-corrected chi connectivity index (χ3v) is 6.44. The molecule has 5 nitrogen and oxygen atoms in total. The molecule has 0 bridgehead atoms. The predicted molar refractivity (Wildman–Crippen MR) is 87.9 cm³/mol. The number of aryl methyl sites for hydroxylation is 2. The van der Waals surface area contributed by atoms with Crippen molar-refractivity contribution in [2.24, 2.45) is 0 Å². The minimum Gasteiger partial charge on any atom is -0.361 e. The molecular formula is C16H19ClN2O3S. The number of benzene rings is 1. The fraction of sp³-hybridized carbons (Fsp3) is 0.438. The lowest BCUT2D eigenvalue weighted by Crippen LogP contribution is -2.31. The van der Waals surface area contributed by atoms with E-state index < -0.39 is 10.0 Å². The summed E-state index contributed by atoms with van der Waals surface area (Å²) in [7, 11) is -3.57. The van der Waals surface area contributed by atoms with Crippen molar-refractivity contribution in [1.82, 2.24) is 9.46 Å². The highest BCUT2D eigenvalue weighted by atomic mass is 35.5. The number of aromatic nitrogens is 1. The van der Waals surface area contributed by atoms with Crippen molar-refractivity contribution in [3.8, 4) is 0 Å². The number of hydrogen-bond donors (Lipinski definition) is 0. The number of sulfonamides is 1. The van der Waals surface area contributed by atoms with Gasteiger partial charge in [-0.3, -0.25) is 0 Å². The number of nitrogens with zero attached hydrogens (tertiary/aromatic N) is 2. The number of hydrogen-bond acceptors (Lipinski definition) is 4. The van der Waals surface area contributed by atoms with Gasteiger partial charge in [-0.15, -0.1) is 0 Å². The largest absolute Gasteiger partial charge is 0.361 e. The van der Waals surface area contributed by atoms with Gasteiger partial charge < -0.3 is 4.52 Å². The highest BCUT2D eigenvalue weighted by molar-refractivity contribution is 7.89. The maximum absolute atomic E-state index is 13.0. The van der Waals surface area contributed by atoms with Gasteiger partial charge in [0.15, 0.2) is 0 Å². The van der Waals surface area contributed by atoms with Crippen molar-refractivity contribution in [1.29, 1.82) is 0 Å². The van der Waals surface area contributed by atoms with Crippen LogP contribution in [0, 0.1) is 6.92 Å². The van der Waals surface area contributed by atoms with Crippen LogP contribution in [0.25, 0.3) is 0 Å². The molecule has 0 amide bonds. The van der Waals surface area contributed by atoms with E-state index in [1.54, 1.807) is 28.6 Å². The third kappa shape index (κ3) is 2.91. The van der Waals surface area contributed by atoms with Crippen LogP contribution in [0.5, 0.6) is 0 Å². The first-order chi connectivity index (χ1) is 10.9. The maximum Gasteiger partial charge on any atom is 0.243 e. The van der Waals surface area contributed by atoms with E-state index in [0.717, 1.165) is 29.9 Å². The van der Waals surface area contributed by atoms with Crippen molar-refractivity contribution < 1.29 is 12.9 Å². The fourth-order valence-corrected chi connectivity index (χ4v) is 4.96. The summed E-state index contributed by atoms with van der Waals surface area (Å²) >= 11 is 5.86. The number of rotatable bonds is 4. The summed E-state index contributed by atoms with van der Waals surface area (Å²) in [6, 6.07) is 6.09. The van der Waals surface area contributed by atoms with Crippen molar-refractivity contribution in [2.75, 3.05) is 6.54 Å². The Balaban J connectivity index is 2.01. The lowest BCUT2D eigenvalue weighted by atomic mass is 10.0. The van der Waals surface area contributed by atoms with Crippen molar-refractivity contribution in [3.63, 3.8) is 0 Å². The Morgan fingerprint density at radius 3 is 2.70 bits per heavy atom. The lowest BCUT2D eigenvalue weighted by molar-refractivity contribution is 0.368. The molecule has 0 saturated carbocycles. The van der Waals surface area contributed by atoms with Crippen LogP contribution in [-0.2, 0) is 16.4 Å². The molecule has 1 atom stereocenters. The first kappa shape index (κ1) is 16.5. The molecule has 2 heterocycles. The summed E-state index contributed by atoms with van der Waals surface area (Å²) in [5, 5.41) is 4.54. The van der Waals surface area contributed by atoms with Crippen molar-refractivity contribution in [2.45, 2.75) is 44.0 Å². The molecule has 0 N–H and O–H groups in total. The van der Waals surface area contributed by atoms with E-state index in [2.05, 4.69) is 5.16 Å². The maximum atomic E-state index is 13.0. The Morgan fingerprint density at radius 2 is 2.04 bits per heavy atom. The van der Waals surface area contributed by atoms with Crippen LogP contribution in [0.2, 0.25) is 5.02 Å². The van der Waals surface area contributed by atoms with Gasteiger partial charge in [-0.05, 0) is 44.0 Å².